The summed E-state index contributed by atoms with van der Waals surface area (Å²) in [5.74, 6) is 1.57. The van der Waals surface area contributed by atoms with Crippen LogP contribution in [0.4, 0.5) is 0 Å². The van der Waals surface area contributed by atoms with E-state index in [1.165, 1.54) is 50.8 Å². The summed E-state index contributed by atoms with van der Waals surface area (Å²) in [6.07, 6.45) is 10.3. The van der Waals surface area contributed by atoms with E-state index < -0.39 is 0 Å². The van der Waals surface area contributed by atoms with Gasteiger partial charge in [-0.2, -0.15) is 0 Å². The van der Waals surface area contributed by atoms with Crippen LogP contribution in [-0.4, -0.2) is 37.3 Å². The molecule has 2 rings (SSSR count). The lowest BCUT2D eigenvalue weighted by Gasteiger charge is -2.35. The van der Waals surface area contributed by atoms with Crippen molar-refractivity contribution in [2.75, 3.05) is 20.6 Å². The Kier molecular flexibility index (Phi) is 4.38. The highest BCUT2D eigenvalue weighted by Gasteiger charge is 2.34. The number of rotatable bonds is 5. The average molecular weight is 234 g/mol. The summed E-state index contributed by atoms with van der Waals surface area (Å²) in [7, 11) is 4.18. The highest BCUT2D eigenvalue weighted by molar-refractivity contribution is 5.96. The number of allylic oxidation sites excluding steroid dienone is 1. The predicted molar refractivity (Wildman–Crippen MR) is 74.7 cm³/mol. The first kappa shape index (κ1) is 12.8. The normalized spacial score (nSPS) is 29.1. The lowest BCUT2D eigenvalue weighted by Crippen LogP contribution is -2.38. The maximum absolute atomic E-state index is 4.47. The van der Waals surface area contributed by atoms with Gasteiger partial charge >= 0.3 is 0 Å². The zero-order valence-electron chi connectivity index (χ0n) is 11.4. The smallest absolute Gasteiger partial charge is 0.0385 e. The first-order valence-corrected chi connectivity index (χ1v) is 7.05. The fourth-order valence-electron chi connectivity index (χ4n) is 3.42. The predicted octanol–water partition coefficient (Wildman–Crippen LogP) is 3.14. The lowest BCUT2D eigenvalue weighted by atomic mass is 9.75. The monoisotopic (exact) mass is 234 g/mol. The van der Waals surface area contributed by atoms with Gasteiger partial charge in [-0.1, -0.05) is 25.8 Å². The highest BCUT2D eigenvalue weighted by Crippen LogP contribution is 2.36. The van der Waals surface area contributed by atoms with Gasteiger partial charge in [-0.15, -0.1) is 0 Å². The highest BCUT2D eigenvalue weighted by atomic mass is 15.2. The van der Waals surface area contributed by atoms with Crippen molar-refractivity contribution in [3.05, 3.63) is 12.7 Å². The summed E-state index contributed by atoms with van der Waals surface area (Å²) in [4.78, 5) is 7.00. The molecule has 0 N–H and O–H groups in total. The molecule has 2 nitrogen and oxygen atoms in total. The molecule has 0 aromatic rings. The molecule has 2 heteroatoms. The molecular weight excluding hydrogens is 208 g/mol. The summed E-state index contributed by atoms with van der Waals surface area (Å²) in [6.45, 7) is 5.20. The molecule has 0 amide bonds. The average Bonchev–Trinajstić information content (AvgIpc) is 2.68. The van der Waals surface area contributed by atoms with Crippen LogP contribution in [0.25, 0.3) is 0 Å². The maximum Gasteiger partial charge on any atom is 0.0385 e. The van der Waals surface area contributed by atoms with Crippen molar-refractivity contribution in [3.63, 3.8) is 0 Å². The molecule has 17 heavy (non-hydrogen) atoms. The molecule has 0 spiro atoms. The van der Waals surface area contributed by atoms with Crippen LogP contribution < -0.4 is 0 Å². The van der Waals surface area contributed by atoms with Gasteiger partial charge in [-0.05, 0) is 44.8 Å². The largest absolute Gasteiger partial charge is 0.303 e. The second-order valence-electron chi connectivity index (χ2n) is 5.68. The summed E-state index contributed by atoms with van der Waals surface area (Å²) in [5, 5.41) is 0. The first-order chi connectivity index (χ1) is 8.26. The van der Waals surface area contributed by atoms with Crippen molar-refractivity contribution >= 4 is 5.71 Å². The quantitative estimate of drug-likeness (QED) is 0.667. The van der Waals surface area contributed by atoms with Gasteiger partial charge in [0.15, 0.2) is 0 Å². The number of nitrogens with zero attached hydrogens (tertiary/aromatic N) is 2. The fourth-order valence-corrected chi connectivity index (χ4v) is 3.42. The Balaban J connectivity index is 2.07. The third-order valence-corrected chi connectivity index (χ3v) is 4.70. The van der Waals surface area contributed by atoms with E-state index >= 15 is 0 Å². The molecule has 0 bridgehead atoms. The zero-order chi connectivity index (χ0) is 12.3. The molecule has 2 fully saturated rings. The molecule has 1 heterocycles. The number of hydrogen-bond acceptors (Lipinski definition) is 2. The van der Waals surface area contributed by atoms with Crippen molar-refractivity contribution in [1.82, 2.24) is 4.90 Å². The van der Waals surface area contributed by atoms with E-state index in [0.29, 0.717) is 12.0 Å². The SMILES string of the molecule is C=CC(=NC)C(CC1CCC1)C1CCCN1C. The van der Waals surface area contributed by atoms with Crippen LogP contribution in [0, 0.1) is 11.8 Å². The van der Waals surface area contributed by atoms with Crippen LogP contribution in [-0.2, 0) is 0 Å². The zero-order valence-corrected chi connectivity index (χ0v) is 11.4. The van der Waals surface area contributed by atoms with Crippen LogP contribution in [0.3, 0.4) is 0 Å². The topological polar surface area (TPSA) is 15.6 Å². The summed E-state index contributed by atoms with van der Waals surface area (Å²) < 4.78 is 0. The maximum atomic E-state index is 4.47. The standard InChI is InChI=1S/C15H26N2/c1-4-14(16-2)13(11-12-7-5-8-12)15-9-6-10-17(15)3/h4,12-13,15H,1,5-11H2,2-3H3. The molecule has 2 atom stereocenters. The Morgan fingerprint density at radius 3 is 2.59 bits per heavy atom. The van der Waals surface area contributed by atoms with Crippen molar-refractivity contribution in [3.8, 4) is 0 Å². The van der Waals surface area contributed by atoms with Crippen molar-refractivity contribution < 1.29 is 0 Å². The van der Waals surface area contributed by atoms with Gasteiger partial charge in [0.2, 0.25) is 0 Å². The van der Waals surface area contributed by atoms with Crippen LogP contribution in [0.2, 0.25) is 0 Å². The first-order valence-electron chi connectivity index (χ1n) is 7.05. The molecule has 1 aliphatic heterocycles. The number of likely N-dealkylation sites (tertiary alicyclic amines) is 1. The van der Waals surface area contributed by atoms with E-state index in [0.717, 1.165) is 5.92 Å². The Labute approximate surface area is 106 Å². The molecule has 2 aliphatic rings. The molecule has 2 unspecified atom stereocenters. The van der Waals surface area contributed by atoms with E-state index in [-0.39, 0.29) is 0 Å². The van der Waals surface area contributed by atoms with E-state index in [4.69, 9.17) is 0 Å². The van der Waals surface area contributed by atoms with Gasteiger partial charge in [0.25, 0.3) is 0 Å². The molecule has 96 valence electrons. The van der Waals surface area contributed by atoms with Crippen molar-refractivity contribution in [2.24, 2.45) is 16.8 Å². The van der Waals surface area contributed by atoms with Crippen LogP contribution in [0.1, 0.15) is 38.5 Å². The van der Waals surface area contributed by atoms with Crippen LogP contribution in [0.15, 0.2) is 17.6 Å². The van der Waals surface area contributed by atoms with E-state index in [9.17, 15) is 0 Å². The lowest BCUT2D eigenvalue weighted by molar-refractivity contribution is 0.203. The molecule has 0 radical (unpaired) electrons. The fraction of sp³-hybridized carbons (Fsp3) is 0.800. The summed E-state index contributed by atoms with van der Waals surface area (Å²) in [5.41, 5.74) is 1.23. The van der Waals surface area contributed by atoms with Crippen molar-refractivity contribution in [2.45, 2.75) is 44.6 Å². The Bertz CT molecular complexity index is 291. The Morgan fingerprint density at radius 1 is 1.41 bits per heavy atom. The number of aliphatic imine (C=N–C) groups is 1. The van der Waals surface area contributed by atoms with Gasteiger partial charge < -0.3 is 4.90 Å². The van der Waals surface area contributed by atoms with Crippen molar-refractivity contribution in [1.29, 1.82) is 0 Å². The van der Waals surface area contributed by atoms with Gasteiger partial charge in [0.05, 0.1) is 0 Å². The molecule has 1 saturated heterocycles. The molecular formula is C15H26N2. The Hall–Kier alpha value is -0.630. The van der Waals surface area contributed by atoms with E-state index in [2.05, 4.69) is 23.5 Å². The van der Waals surface area contributed by atoms with Gasteiger partial charge in [-0.3, -0.25) is 4.99 Å². The van der Waals surface area contributed by atoms with Gasteiger partial charge in [0, 0.05) is 24.7 Å². The molecule has 1 saturated carbocycles. The summed E-state index contributed by atoms with van der Waals surface area (Å²) >= 11 is 0. The van der Waals surface area contributed by atoms with Crippen LogP contribution in [0.5, 0.6) is 0 Å². The Morgan fingerprint density at radius 2 is 2.18 bits per heavy atom. The minimum Gasteiger partial charge on any atom is -0.303 e. The van der Waals surface area contributed by atoms with Crippen LogP contribution >= 0.6 is 0 Å². The second kappa shape index (κ2) is 5.81. The second-order valence-corrected chi connectivity index (χ2v) is 5.68. The number of hydrogen-bond donors (Lipinski definition) is 0. The molecule has 1 aliphatic carbocycles. The molecule has 0 aromatic carbocycles. The third-order valence-electron chi connectivity index (χ3n) is 4.70. The van der Waals surface area contributed by atoms with Gasteiger partial charge in [0.1, 0.15) is 0 Å². The van der Waals surface area contributed by atoms with E-state index in [1.54, 1.807) is 0 Å². The molecule has 0 aromatic heterocycles. The van der Waals surface area contributed by atoms with E-state index in [1.807, 2.05) is 13.1 Å². The minimum atomic E-state index is 0.621. The minimum absolute atomic E-state index is 0.621. The summed E-state index contributed by atoms with van der Waals surface area (Å²) in [6, 6.07) is 0.701. The van der Waals surface area contributed by atoms with Gasteiger partial charge in [-0.25, -0.2) is 0 Å². The third kappa shape index (κ3) is 2.79.